The number of benzene rings is 1. The number of carbonyl (C=O) groups excluding carboxylic acids is 2. The van der Waals surface area contributed by atoms with Crippen LogP contribution in [0.4, 0.5) is 4.39 Å². The van der Waals surface area contributed by atoms with Gasteiger partial charge in [-0.05, 0) is 31.9 Å². The van der Waals surface area contributed by atoms with Crippen molar-refractivity contribution in [3.63, 3.8) is 0 Å². The van der Waals surface area contributed by atoms with Crippen LogP contribution in [-0.2, 0) is 14.3 Å². The summed E-state index contributed by atoms with van der Waals surface area (Å²) in [5.74, 6) is -1.27. The molecule has 0 aromatic heterocycles. The van der Waals surface area contributed by atoms with Crippen LogP contribution in [0.5, 0.6) is 5.75 Å². The molecule has 23 heavy (non-hydrogen) atoms. The number of carbonyl (C=O) groups is 2. The first-order chi connectivity index (χ1) is 10.9. The second-order valence-corrected chi connectivity index (χ2v) is 5.85. The monoisotopic (exact) mass is 318 g/mol. The average Bonchev–Trinajstić information content (AvgIpc) is 3.01. The Balaban J connectivity index is 1.74. The normalized spacial score (nSPS) is 26.5. The molecule has 2 fully saturated rings. The maximum absolute atomic E-state index is 13.6. The fraction of sp³-hybridized carbons (Fsp3) is 0.438. The second-order valence-electron chi connectivity index (χ2n) is 5.85. The van der Waals surface area contributed by atoms with Gasteiger partial charge in [0.1, 0.15) is 30.3 Å². The van der Waals surface area contributed by atoms with Crippen LogP contribution in [0.1, 0.15) is 25.3 Å². The predicted octanol–water partition coefficient (Wildman–Crippen LogP) is 1.38. The lowest BCUT2D eigenvalue weighted by Crippen LogP contribution is -2.61. The van der Waals surface area contributed by atoms with E-state index in [0.29, 0.717) is 13.0 Å². The highest BCUT2D eigenvalue weighted by molar-refractivity contribution is 5.95. The maximum atomic E-state index is 13.6. The molecule has 1 amide bonds. The van der Waals surface area contributed by atoms with Crippen LogP contribution in [0.15, 0.2) is 18.2 Å². The van der Waals surface area contributed by atoms with E-state index >= 15 is 0 Å². The minimum absolute atomic E-state index is 0.0939. The first-order valence-corrected chi connectivity index (χ1v) is 7.31. The molecule has 2 aliphatic rings. The Bertz CT molecular complexity index is 715. The molecule has 6 nitrogen and oxygen atoms in total. The van der Waals surface area contributed by atoms with Crippen LogP contribution < -0.4 is 4.74 Å². The van der Waals surface area contributed by atoms with Crippen molar-refractivity contribution >= 4 is 11.9 Å². The Morgan fingerprint density at radius 3 is 3.00 bits per heavy atom. The number of ether oxygens (including phenoxy) is 2. The number of nitriles is 1. The van der Waals surface area contributed by atoms with Crippen molar-refractivity contribution in [2.45, 2.75) is 31.4 Å². The van der Waals surface area contributed by atoms with Crippen LogP contribution in [0, 0.1) is 17.1 Å². The predicted molar refractivity (Wildman–Crippen MR) is 75.8 cm³/mol. The molecule has 0 bridgehead atoms. The number of halogens is 1. The van der Waals surface area contributed by atoms with Crippen molar-refractivity contribution in [3.05, 3.63) is 29.6 Å². The number of hydrogen-bond acceptors (Lipinski definition) is 5. The second kappa shape index (κ2) is 5.54. The summed E-state index contributed by atoms with van der Waals surface area (Å²) in [5, 5.41) is 8.70. The fourth-order valence-corrected chi connectivity index (χ4v) is 2.88. The Hall–Kier alpha value is -2.62. The lowest BCUT2D eigenvalue weighted by atomic mass is 10.0. The number of fused-ring (bicyclic) bond motifs is 1. The van der Waals surface area contributed by atoms with Crippen molar-refractivity contribution in [2.24, 2.45) is 0 Å². The number of esters is 1. The van der Waals surface area contributed by atoms with Gasteiger partial charge < -0.3 is 14.4 Å². The van der Waals surface area contributed by atoms with E-state index in [9.17, 15) is 14.0 Å². The van der Waals surface area contributed by atoms with E-state index in [2.05, 4.69) is 0 Å². The number of amides is 1. The SMILES string of the molecule is C[C@@]1(COc2ccc(C#N)c(F)c2)OC(=O)[C@H]2CCCN2C1=O. The fourth-order valence-electron chi connectivity index (χ4n) is 2.88. The highest BCUT2D eigenvalue weighted by atomic mass is 19.1. The van der Waals surface area contributed by atoms with Crippen molar-refractivity contribution in [3.8, 4) is 11.8 Å². The number of cyclic esters (lactones) is 1. The van der Waals surface area contributed by atoms with Gasteiger partial charge in [-0.15, -0.1) is 0 Å². The van der Waals surface area contributed by atoms with Crippen LogP contribution in [0.25, 0.3) is 0 Å². The summed E-state index contributed by atoms with van der Waals surface area (Å²) in [6.45, 7) is 1.80. The van der Waals surface area contributed by atoms with Gasteiger partial charge in [0.15, 0.2) is 0 Å². The van der Waals surface area contributed by atoms with Crippen molar-refractivity contribution < 1.29 is 23.5 Å². The topological polar surface area (TPSA) is 79.6 Å². The summed E-state index contributed by atoms with van der Waals surface area (Å²) in [6.07, 6.45) is 1.38. The van der Waals surface area contributed by atoms with Crippen LogP contribution in [0.2, 0.25) is 0 Å². The Kier molecular flexibility index (Phi) is 3.68. The lowest BCUT2D eigenvalue weighted by Gasteiger charge is -2.39. The largest absolute Gasteiger partial charge is 0.489 e. The summed E-state index contributed by atoms with van der Waals surface area (Å²) in [7, 11) is 0. The molecule has 0 N–H and O–H groups in total. The minimum Gasteiger partial charge on any atom is -0.489 e. The number of morpholine rings is 1. The number of nitrogens with zero attached hydrogens (tertiary/aromatic N) is 2. The molecule has 0 radical (unpaired) electrons. The quantitative estimate of drug-likeness (QED) is 0.787. The summed E-state index contributed by atoms with van der Waals surface area (Å²) in [4.78, 5) is 26.1. The summed E-state index contributed by atoms with van der Waals surface area (Å²) >= 11 is 0. The molecular formula is C16H15FN2O4. The highest BCUT2D eigenvalue weighted by Crippen LogP contribution is 2.31. The first kappa shape index (κ1) is 15.3. The summed E-state index contributed by atoms with van der Waals surface area (Å²) in [6, 6.07) is 5.00. The van der Waals surface area contributed by atoms with Gasteiger partial charge in [0, 0.05) is 12.6 Å². The molecule has 0 aliphatic carbocycles. The van der Waals surface area contributed by atoms with Gasteiger partial charge in [0.25, 0.3) is 5.91 Å². The molecule has 7 heteroatoms. The van der Waals surface area contributed by atoms with Gasteiger partial charge in [0.05, 0.1) is 5.56 Å². The third kappa shape index (κ3) is 2.61. The van der Waals surface area contributed by atoms with Crippen LogP contribution in [-0.4, -0.2) is 41.6 Å². The standard InChI is InChI=1S/C16H15FN2O4/c1-16(9-22-11-5-4-10(8-18)12(17)7-11)15(21)19-6-2-3-13(19)14(20)23-16/h4-5,7,13H,2-3,6,9H2,1H3/t13-,16+/m1/s1. The minimum atomic E-state index is -1.43. The molecular weight excluding hydrogens is 303 g/mol. The number of hydrogen-bond donors (Lipinski definition) is 0. The summed E-state index contributed by atoms with van der Waals surface area (Å²) < 4.78 is 24.3. The molecule has 1 aromatic rings. The van der Waals surface area contributed by atoms with E-state index in [-0.39, 0.29) is 23.8 Å². The zero-order valence-electron chi connectivity index (χ0n) is 12.5. The van der Waals surface area contributed by atoms with E-state index < -0.39 is 23.4 Å². The van der Waals surface area contributed by atoms with Gasteiger partial charge >= 0.3 is 5.97 Å². The molecule has 2 saturated heterocycles. The van der Waals surface area contributed by atoms with Gasteiger partial charge in [-0.2, -0.15) is 5.26 Å². The first-order valence-electron chi connectivity index (χ1n) is 7.31. The zero-order valence-corrected chi connectivity index (χ0v) is 12.5. The van der Waals surface area contributed by atoms with Crippen molar-refractivity contribution in [1.82, 2.24) is 4.90 Å². The van der Waals surface area contributed by atoms with Gasteiger partial charge in [-0.25, -0.2) is 9.18 Å². The maximum Gasteiger partial charge on any atom is 0.330 e. The van der Waals surface area contributed by atoms with E-state index in [1.165, 1.54) is 24.0 Å². The molecule has 1 aromatic carbocycles. The zero-order chi connectivity index (χ0) is 16.6. The molecule has 0 saturated carbocycles. The molecule has 2 aliphatic heterocycles. The van der Waals surface area contributed by atoms with E-state index in [4.69, 9.17) is 14.7 Å². The molecule has 3 rings (SSSR count). The lowest BCUT2D eigenvalue weighted by molar-refractivity contribution is -0.191. The van der Waals surface area contributed by atoms with Crippen LogP contribution in [0.3, 0.4) is 0 Å². The Labute approximate surface area is 132 Å². The third-order valence-corrected chi connectivity index (χ3v) is 4.14. The molecule has 120 valence electrons. The smallest absolute Gasteiger partial charge is 0.330 e. The molecule has 2 heterocycles. The van der Waals surface area contributed by atoms with E-state index in [1.54, 1.807) is 6.07 Å². The van der Waals surface area contributed by atoms with E-state index in [1.807, 2.05) is 0 Å². The van der Waals surface area contributed by atoms with Gasteiger partial charge in [-0.3, -0.25) is 4.79 Å². The molecule has 0 spiro atoms. The highest BCUT2D eigenvalue weighted by Gasteiger charge is 2.52. The summed E-state index contributed by atoms with van der Waals surface area (Å²) in [5.41, 5.74) is -1.52. The average molecular weight is 318 g/mol. The van der Waals surface area contributed by atoms with Gasteiger partial charge in [0.2, 0.25) is 5.60 Å². The van der Waals surface area contributed by atoms with Crippen LogP contribution >= 0.6 is 0 Å². The molecule has 0 unspecified atom stereocenters. The third-order valence-electron chi connectivity index (χ3n) is 4.14. The van der Waals surface area contributed by atoms with Gasteiger partial charge in [-0.1, -0.05) is 0 Å². The Morgan fingerprint density at radius 2 is 2.30 bits per heavy atom. The Morgan fingerprint density at radius 1 is 1.52 bits per heavy atom. The van der Waals surface area contributed by atoms with E-state index in [0.717, 1.165) is 12.5 Å². The van der Waals surface area contributed by atoms with Crippen molar-refractivity contribution in [2.75, 3.05) is 13.2 Å². The number of rotatable bonds is 3. The van der Waals surface area contributed by atoms with Crippen molar-refractivity contribution in [1.29, 1.82) is 5.26 Å². The molecule has 2 atom stereocenters.